The Labute approximate surface area is 195 Å². The predicted octanol–water partition coefficient (Wildman–Crippen LogP) is 5.11. The van der Waals surface area contributed by atoms with Crippen molar-refractivity contribution in [1.29, 1.82) is 0 Å². The van der Waals surface area contributed by atoms with Crippen LogP contribution in [0.4, 0.5) is 0 Å². The molecule has 0 aromatic heterocycles. The van der Waals surface area contributed by atoms with E-state index in [9.17, 15) is 14.4 Å². The SMILES string of the molecule is CCCCCOc1ccc(C(=O)Oc2ccc(C(SCC(=O)O)SCC(=O)O)cc2)cc1. The minimum atomic E-state index is -0.973. The molecule has 32 heavy (non-hydrogen) atoms. The van der Waals surface area contributed by atoms with Crippen molar-refractivity contribution in [2.75, 3.05) is 18.1 Å². The third-order valence-electron chi connectivity index (χ3n) is 4.19. The summed E-state index contributed by atoms with van der Waals surface area (Å²) in [6, 6.07) is 13.4. The zero-order valence-corrected chi connectivity index (χ0v) is 19.3. The van der Waals surface area contributed by atoms with Gasteiger partial charge in [0.15, 0.2) is 0 Å². The second kappa shape index (κ2) is 13.7. The maximum absolute atomic E-state index is 12.4. The van der Waals surface area contributed by atoms with Crippen LogP contribution in [0, 0.1) is 0 Å². The van der Waals surface area contributed by atoms with Crippen LogP contribution < -0.4 is 9.47 Å². The molecule has 2 N–H and O–H groups in total. The molecule has 0 bridgehead atoms. The monoisotopic (exact) mass is 478 g/mol. The minimum absolute atomic E-state index is 0.146. The molecule has 0 radical (unpaired) electrons. The minimum Gasteiger partial charge on any atom is -0.494 e. The Bertz CT molecular complexity index is 864. The first-order valence-corrected chi connectivity index (χ1v) is 12.2. The molecule has 7 nitrogen and oxygen atoms in total. The molecular weight excluding hydrogens is 452 g/mol. The van der Waals surface area contributed by atoms with Crippen LogP contribution >= 0.6 is 23.5 Å². The van der Waals surface area contributed by atoms with E-state index in [-0.39, 0.29) is 16.1 Å². The van der Waals surface area contributed by atoms with Crippen LogP contribution in [0.2, 0.25) is 0 Å². The van der Waals surface area contributed by atoms with Gasteiger partial charge in [0.25, 0.3) is 0 Å². The highest BCUT2D eigenvalue weighted by Gasteiger charge is 2.17. The molecule has 0 aliphatic heterocycles. The molecule has 0 saturated carbocycles. The van der Waals surface area contributed by atoms with Crippen LogP contribution in [-0.2, 0) is 9.59 Å². The van der Waals surface area contributed by atoms with E-state index in [2.05, 4.69) is 6.92 Å². The highest BCUT2D eigenvalue weighted by Crippen LogP contribution is 2.39. The number of aliphatic carboxylic acids is 2. The summed E-state index contributed by atoms with van der Waals surface area (Å²) < 4.78 is 10.7. The molecule has 0 aliphatic rings. The molecule has 0 heterocycles. The topological polar surface area (TPSA) is 110 Å². The lowest BCUT2D eigenvalue weighted by Gasteiger charge is -2.15. The molecule has 2 aromatic carbocycles. The number of ether oxygens (including phenoxy) is 2. The van der Waals surface area contributed by atoms with Crippen molar-refractivity contribution in [1.82, 2.24) is 0 Å². The van der Waals surface area contributed by atoms with Gasteiger partial charge < -0.3 is 19.7 Å². The van der Waals surface area contributed by atoms with Gasteiger partial charge in [-0.1, -0.05) is 31.9 Å². The Kier molecular flexibility index (Phi) is 11.0. The van der Waals surface area contributed by atoms with Crippen LogP contribution in [0.25, 0.3) is 0 Å². The molecular formula is C23H26O7S2. The second-order valence-corrected chi connectivity index (χ2v) is 9.27. The fourth-order valence-electron chi connectivity index (χ4n) is 2.62. The quantitative estimate of drug-likeness (QED) is 0.166. The third kappa shape index (κ3) is 9.23. The number of hydrogen-bond donors (Lipinski definition) is 2. The van der Waals surface area contributed by atoms with Crippen LogP contribution in [0.1, 0.15) is 46.7 Å². The van der Waals surface area contributed by atoms with Crippen LogP contribution in [-0.4, -0.2) is 46.2 Å². The summed E-state index contributed by atoms with van der Waals surface area (Å²) in [5, 5.41) is 17.8. The van der Waals surface area contributed by atoms with Crippen LogP contribution in [0.3, 0.4) is 0 Å². The highest BCUT2D eigenvalue weighted by atomic mass is 32.2. The van der Waals surface area contributed by atoms with E-state index in [0.717, 1.165) is 48.3 Å². The van der Waals surface area contributed by atoms with Crippen molar-refractivity contribution in [2.24, 2.45) is 0 Å². The number of carbonyl (C=O) groups excluding carboxylic acids is 1. The summed E-state index contributed by atoms with van der Waals surface area (Å²) in [5.41, 5.74) is 1.13. The fourth-order valence-corrected chi connectivity index (χ4v) is 4.70. The highest BCUT2D eigenvalue weighted by molar-refractivity contribution is 8.16. The van der Waals surface area contributed by atoms with Gasteiger partial charge in [0.2, 0.25) is 0 Å². The zero-order valence-electron chi connectivity index (χ0n) is 17.7. The van der Waals surface area contributed by atoms with E-state index in [1.54, 1.807) is 48.5 Å². The molecule has 0 aliphatic carbocycles. The summed E-state index contributed by atoms with van der Waals surface area (Å²) in [6.45, 7) is 2.77. The number of thioether (sulfide) groups is 2. The fraction of sp³-hybridized carbons (Fsp3) is 0.348. The molecule has 0 fully saturated rings. The lowest BCUT2D eigenvalue weighted by molar-refractivity contribution is -0.134. The summed E-state index contributed by atoms with van der Waals surface area (Å²) in [6.07, 6.45) is 3.22. The van der Waals surface area contributed by atoms with Gasteiger partial charge in [0.1, 0.15) is 11.5 Å². The first-order valence-electron chi connectivity index (χ1n) is 10.1. The summed E-state index contributed by atoms with van der Waals surface area (Å²) in [7, 11) is 0. The van der Waals surface area contributed by atoms with Gasteiger partial charge in [-0.25, -0.2) is 4.79 Å². The molecule has 0 unspecified atom stereocenters. The number of carboxylic acids is 2. The number of unbranched alkanes of at least 4 members (excludes halogenated alkanes) is 2. The van der Waals surface area contributed by atoms with Gasteiger partial charge >= 0.3 is 17.9 Å². The number of benzene rings is 2. The third-order valence-corrected chi connectivity index (χ3v) is 6.98. The Hall–Kier alpha value is -2.65. The number of rotatable bonds is 14. The predicted molar refractivity (Wildman–Crippen MR) is 126 cm³/mol. The van der Waals surface area contributed by atoms with Gasteiger partial charge in [-0.2, -0.15) is 0 Å². The Morgan fingerprint density at radius 2 is 1.41 bits per heavy atom. The molecule has 0 atom stereocenters. The maximum atomic E-state index is 12.4. The van der Waals surface area contributed by atoms with Crippen molar-refractivity contribution in [3.8, 4) is 11.5 Å². The van der Waals surface area contributed by atoms with Gasteiger partial charge in [-0.3, -0.25) is 9.59 Å². The molecule has 0 spiro atoms. The summed E-state index contributed by atoms with van der Waals surface area (Å²) in [4.78, 5) is 34.1. The number of hydrogen-bond acceptors (Lipinski definition) is 7. The van der Waals surface area contributed by atoms with Crippen molar-refractivity contribution in [3.63, 3.8) is 0 Å². The van der Waals surface area contributed by atoms with Gasteiger partial charge in [0, 0.05) is 0 Å². The van der Waals surface area contributed by atoms with Crippen molar-refractivity contribution in [2.45, 2.75) is 30.8 Å². The lowest BCUT2D eigenvalue weighted by atomic mass is 10.2. The van der Waals surface area contributed by atoms with E-state index >= 15 is 0 Å². The smallest absolute Gasteiger partial charge is 0.343 e. The molecule has 0 saturated heterocycles. The van der Waals surface area contributed by atoms with Crippen LogP contribution in [0.15, 0.2) is 48.5 Å². The zero-order chi connectivity index (χ0) is 23.3. The number of carboxylic acid groups (broad SMARTS) is 2. The molecule has 9 heteroatoms. The lowest BCUT2D eigenvalue weighted by Crippen LogP contribution is -2.09. The normalized spacial score (nSPS) is 10.7. The molecule has 2 aromatic rings. The number of carbonyl (C=O) groups is 3. The largest absolute Gasteiger partial charge is 0.494 e. The average Bonchev–Trinajstić information content (AvgIpc) is 2.77. The van der Waals surface area contributed by atoms with Gasteiger partial charge in [-0.15, -0.1) is 23.5 Å². The van der Waals surface area contributed by atoms with Crippen molar-refractivity contribution >= 4 is 41.4 Å². The maximum Gasteiger partial charge on any atom is 0.343 e. The van der Waals surface area contributed by atoms with E-state index < -0.39 is 17.9 Å². The second-order valence-electron chi connectivity index (χ2n) is 6.78. The Morgan fingerprint density at radius 1 is 0.844 bits per heavy atom. The first kappa shape index (κ1) is 25.6. The number of esters is 1. The van der Waals surface area contributed by atoms with Gasteiger partial charge in [0.05, 0.1) is 28.3 Å². The van der Waals surface area contributed by atoms with Crippen LogP contribution in [0.5, 0.6) is 11.5 Å². The Morgan fingerprint density at radius 3 is 1.94 bits per heavy atom. The average molecular weight is 479 g/mol. The van der Waals surface area contributed by atoms with Crippen molar-refractivity contribution < 1.29 is 34.1 Å². The summed E-state index contributed by atoms with van der Waals surface area (Å²) >= 11 is 2.26. The van der Waals surface area contributed by atoms with E-state index in [1.165, 1.54) is 0 Å². The molecule has 0 amide bonds. The molecule has 2 rings (SSSR count). The van der Waals surface area contributed by atoms with E-state index in [1.807, 2.05) is 0 Å². The Balaban J connectivity index is 1.95. The van der Waals surface area contributed by atoms with E-state index in [4.69, 9.17) is 19.7 Å². The van der Waals surface area contributed by atoms with Crippen molar-refractivity contribution in [3.05, 3.63) is 59.7 Å². The van der Waals surface area contributed by atoms with E-state index in [0.29, 0.717) is 23.7 Å². The molecule has 172 valence electrons. The van der Waals surface area contributed by atoms with Gasteiger partial charge in [-0.05, 0) is 48.4 Å². The summed E-state index contributed by atoms with van der Waals surface area (Å²) in [5.74, 6) is -1.71. The first-order chi connectivity index (χ1) is 15.4. The standard InChI is InChI=1S/C23H26O7S2/c1-2-3-4-13-29-18-9-5-16(6-10-18)22(28)30-19-11-7-17(8-12-19)23(31-14-20(24)25)32-15-21(26)27/h5-12,23H,2-4,13-15H2,1H3,(H,24,25)(H,26,27).